The van der Waals surface area contributed by atoms with E-state index in [0.717, 1.165) is 5.69 Å². The number of nitrogens with zero attached hydrogens (tertiary/aromatic N) is 1. The minimum atomic E-state index is -3.51. The molecule has 1 amide bonds. The molecule has 1 aromatic heterocycles. The van der Waals surface area contributed by atoms with Gasteiger partial charge in [-0.1, -0.05) is 26.0 Å². The number of hydrogen-bond donors (Lipinski definition) is 3. The molecule has 1 aromatic carbocycles. The Morgan fingerprint density at radius 1 is 1.38 bits per heavy atom. The van der Waals surface area contributed by atoms with Gasteiger partial charge >= 0.3 is 0 Å². The van der Waals surface area contributed by atoms with Crippen molar-refractivity contribution < 1.29 is 13.2 Å². The number of sulfonamides is 1. The van der Waals surface area contributed by atoms with E-state index in [2.05, 4.69) is 36.2 Å². The van der Waals surface area contributed by atoms with Crippen LogP contribution < -0.4 is 10.0 Å². The summed E-state index contributed by atoms with van der Waals surface area (Å²) in [5.41, 5.74) is 1.80. The van der Waals surface area contributed by atoms with E-state index in [1.807, 2.05) is 13.8 Å². The third-order valence-corrected chi connectivity index (χ3v) is 5.67. The molecule has 0 aliphatic carbocycles. The van der Waals surface area contributed by atoms with E-state index in [0.29, 0.717) is 10.0 Å². The van der Waals surface area contributed by atoms with Crippen LogP contribution in [0.4, 0.5) is 0 Å². The average molecular weight is 415 g/mol. The predicted molar refractivity (Wildman–Crippen MR) is 94.2 cm³/mol. The molecule has 0 fully saturated rings. The molecule has 0 aliphatic heterocycles. The molecule has 0 spiro atoms. The molecule has 0 atom stereocenters. The number of nitrogens with one attached hydrogen (secondary N) is 3. The third kappa shape index (κ3) is 4.03. The van der Waals surface area contributed by atoms with Crippen molar-refractivity contribution in [3.05, 3.63) is 45.7 Å². The minimum Gasteiger partial charge on any atom is -0.347 e. The molecule has 7 nitrogen and oxygen atoms in total. The van der Waals surface area contributed by atoms with Gasteiger partial charge in [-0.15, -0.1) is 0 Å². The number of amides is 1. The first-order valence-electron chi connectivity index (χ1n) is 7.30. The number of H-pyrrole nitrogens is 1. The summed E-state index contributed by atoms with van der Waals surface area (Å²) < 4.78 is 26.5. The zero-order chi connectivity index (χ0) is 17.9. The Morgan fingerprint density at radius 2 is 2.08 bits per heavy atom. The maximum absolute atomic E-state index is 12.3. The van der Waals surface area contributed by atoms with Gasteiger partial charge in [-0.05, 0) is 46.6 Å². The molecular formula is C15H19BrN4O3S. The quantitative estimate of drug-likeness (QED) is 0.673. The normalized spacial score (nSPS) is 11.7. The van der Waals surface area contributed by atoms with Crippen LogP contribution in [-0.4, -0.2) is 31.6 Å². The van der Waals surface area contributed by atoms with Gasteiger partial charge in [0.25, 0.3) is 5.91 Å². The molecule has 130 valence electrons. The van der Waals surface area contributed by atoms with E-state index < -0.39 is 10.0 Å². The van der Waals surface area contributed by atoms with Crippen LogP contribution in [0.3, 0.4) is 0 Å². The van der Waals surface area contributed by atoms with Crippen molar-refractivity contribution in [3.8, 4) is 0 Å². The molecule has 0 unspecified atom stereocenters. The Morgan fingerprint density at radius 3 is 2.67 bits per heavy atom. The van der Waals surface area contributed by atoms with Crippen LogP contribution in [0, 0.1) is 0 Å². The summed E-state index contributed by atoms with van der Waals surface area (Å²) in [5, 5.41) is 9.61. The minimum absolute atomic E-state index is 0.153. The van der Waals surface area contributed by atoms with Crippen LogP contribution in [0.5, 0.6) is 0 Å². The molecule has 9 heteroatoms. The first-order chi connectivity index (χ1) is 11.3. The molecule has 24 heavy (non-hydrogen) atoms. The van der Waals surface area contributed by atoms with Crippen molar-refractivity contribution in [1.29, 1.82) is 0 Å². The molecule has 3 N–H and O–H groups in total. The van der Waals surface area contributed by atoms with E-state index in [9.17, 15) is 13.2 Å². The lowest BCUT2D eigenvalue weighted by molar-refractivity contribution is 0.0945. The maximum atomic E-state index is 12.3. The fourth-order valence-corrected chi connectivity index (χ4v) is 3.70. The van der Waals surface area contributed by atoms with Gasteiger partial charge in [0.2, 0.25) is 10.0 Å². The largest absolute Gasteiger partial charge is 0.347 e. The summed E-state index contributed by atoms with van der Waals surface area (Å²) in [6.45, 7) is 4.18. The van der Waals surface area contributed by atoms with Gasteiger partial charge in [0.15, 0.2) is 5.69 Å². The Hall–Kier alpha value is -1.71. The Bertz CT molecular complexity index is 846. The van der Waals surface area contributed by atoms with Crippen molar-refractivity contribution in [2.45, 2.75) is 31.2 Å². The topological polar surface area (TPSA) is 104 Å². The number of aromatic nitrogens is 2. The molecule has 2 rings (SSSR count). The molecular weight excluding hydrogens is 396 g/mol. The third-order valence-electron chi connectivity index (χ3n) is 3.46. The summed E-state index contributed by atoms with van der Waals surface area (Å²) in [7, 11) is -2.16. The van der Waals surface area contributed by atoms with Crippen LogP contribution in [0.15, 0.2) is 33.6 Å². The first-order valence-corrected chi connectivity index (χ1v) is 9.58. The molecule has 0 saturated heterocycles. The van der Waals surface area contributed by atoms with Crippen LogP contribution in [0.1, 0.15) is 41.5 Å². The zero-order valence-corrected chi connectivity index (χ0v) is 16.0. The zero-order valence-electron chi connectivity index (χ0n) is 13.6. The van der Waals surface area contributed by atoms with E-state index in [-0.39, 0.29) is 29.0 Å². The molecule has 1 heterocycles. The van der Waals surface area contributed by atoms with E-state index in [1.165, 1.54) is 19.2 Å². The number of carbonyl (C=O) groups excluding carboxylic acids is 1. The van der Waals surface area contributed by atoms with Crippen LogP contribution in [0.25, 0.3) is 0 Å². The highest BCUT2D eigenvalue weighted by molar-refractivity contribution is 9.10. The van der Waals surface area contributed by atoms with Crippen LogP contribution >= 0.6 is 15.9 Å². The van der Waals surface area contributed by atoms with Gasteiger partial charge in [0.1, 0.15) is 0 Å². The molecule has 0 saturated carbocycles. The van der Waals surface area contributed by atoms with Gasteiger partial charge in [-0.3, -0.25) is 9.89 Å². The lowest BCUT2D eigenvalue weighted by atomic mass is 10.1. The smallest absolute Gasteiger partial charge is 0.273 e. The molecule has 0 aliphatic rings. The fourth-order valence-electron chi connectivity index (χ4n) is 2.08. The fraction of sp³-hybridized carbons (Fsp3) is 0.333. The SMILES string of the molecule is CNS(=O)(=O)c1cccc(CNC(=O)c2n[nH]c(C(C)C)c2Br)c1. The lowest BCUT2D eigenvalue weighted by Gasteiger charge is -2.07. The van der Waals surface area contributed by atoms with Crippen molar-refractivity contribution >= 4 is 31.9 Å². The molecule has 0 bridgehead atoms. The summed E-state index contributed by atoms with van der Waals surface area (Å²) in [6, 6.07) is 6.39. The first kappa shape index (κ1) is 18.6. The monoisotopic (exact) mass is 414 g/mol. The second-order valence-corrected chi connectivity index (χ2v) is 8.17. The number of aromatic amines is 1. The van der Waals surface area contributed by atoms with E-state index in [1.54, 1.807) is 12.1 Å². The van der Waals surface area contributed by atoms with Crippen LogP contribution in [0.2, 0.25) is 0 Å². The standard InChI is InChI=1S/C15H19BrN4O3S/c1-9(2)13-12(16)14(20-19-13)15(21)18-8-10-5-4-6-11(7-10)24(22,23)17-3/h4-7,9,17H,8H2,1-3H3,(H,18,21)(H,19,20). The number of halogens is 1. The van der Waals surface area contributed by atoms with Gasteiger partial charge in [0.05, 0.1) is 15.1 Å². The maximum Gasteiger partial charge on any atom is 0.273 e. The van der Waals surface area contributed by atoms with Gasteiger partial charge in [-0.25, -0.2) is 13.1 Å². The average Bonchev–Trinajstić information content (AvgIpc) is 2.94. The van der Waals surface area contributed by atoms with E-state index >= 15 is 0 Å². The summed E-state index contributed by atoms with van der Waals surface area (Å²) in [5.74, 6) is -0.135. The second-order valence-electron chi connectivity index (χ2n) is 5.49. The summed E-state index contributed by atoms with van der Waals surface area (Å²) in [4.78, 5) is 12.4. The summed E-state index contributed by atoms with van der Waals surface area (Å²) >= 11 is 3.38. The van der Waals surface area contributed by atoms with Crippen molar-refractivity contribution in [1.82, 2.24) is 20.2 Å². The highest BCUT2D eigenvalue weighted by atomic mass is 79.9. The van der Waals surface area contributed by atoms with E-state index in [4.69, 9.17) is 0 Å². The number of benzene rings is 1. The predicted octanol–water partition coefficient (Wildman–Crippen LogP) is 2.13. The Kier molecular flexibility index (Phi) is 5.79. The van der Waals surface area contributed by atoms with Gasteiger partial charge in [-0.2, -0.15) is 5.10 Å². The molecule has 0 radical (unpaired) electrons. The number of hydrogen-bond acceptors (Lipinski definition) is 4. The van der Waals surface area contributed by atoms with Gasteiger partial charge in [0, 0.05) is 6.54 Å². The lowest BCUT2D eigenvalue weighted by Crippen LogP contribution is -2.24. The number of carbonyl (C=O) groups is 1. The number of rotatable bonds is 6. The highest BCUT2D eigenvalue weighted by Gasteiger charge is 2.19. The van der Waals surface area contributed by atoms with Crippen LogP contribution in [-0.2, 0) is 16.6 Å². The second kappa shape index (κ2) is 7.45. The highest BCUT2D eigenvalue weighted by Crippen LogP contribution is 2.25. The van der Waals surface area contributed by atoms with Crippen molar-refractivity contribution in [3.63, 3.8) is 0 Å². The van der Waals surface area contributed by atoms with Crippen molar-refractivity contribution in [2.75, 3.05) is 7.05 Å². The van der Waals surface area contributed by atoms with Crippen molar-refractivity contribution in [2.24, 2.45) is 0 Å². The van der Waals surface area contributed by atoms with Gasteiger partial charge < -0.3 is 5.32 Å². The molecule has 2 aromatic rings. The summed E-state index contributed by atoms with van der Waals surface area (Å²) in [6.07, 6.45) is 0. The Balaban J connectivity index is 2.11. The Labute approximate surface area is 149 Å².